The zero-order valence-electron chi connectivity index (χ0n) is 14.2. The number of ketones is 1. The molecule has 25 heavy (non-hydrogen) atoms. The van der Waals surface area contributed by atoms with Crippen LogP contribution in [0.1, 0.15) is 28.4 Å². The van der Waals surface area contributed by atoms with Crippen LogP contribution in [0.4, 0.5) is 0 Å². The summed E-state index contributed by atoms with van der Waals surface area (Å²) < 4.78 is 15.8. The molecule has 0 unspecified atom stereocenters. The molecule has 1 heterocycles. The Morgan fingerprint density at radius 2 is 2.00 bits per heavy atom. The average molecular weight is 338 g/mol. The number of carbonyl (C=O) groups excluding carboxylic acids is 2. The van der Waals surface area contributed by atoms with Crippen LogP contribution in [0.5, 0.6) is 11.5 Å². The summed E-state index contributed by atoms with van der Waals surface area (Å²) in [6.45, 7) is 3.58. The Hall–Kier alpha value is -3.08. The molecule has 3 rings (SSSR count). The van der Waals surface area contributed by atoms with Crippen LogP contribution in [0.25, 0.3) is 6.08 Å². The smallest absolute Gasteiger partial charge is 0.346 e. The Labute approximate surface area is 145 Å². The Balaban J connectivity index is 1.83. The van der Waals surface area contributed by atoms with Gasteiger partial charge in [0.15, 0.2) is 11.9 Å². The first-order chi connectivity index (χ1) is 12.0. The molecule has 2 aromatic rings. The van der Waals surface area contributed by atoms with Crippen LogP contribution in [0.3, 0.4) is 0 Å². The molecule has 0 fully saturated rings. The van der Waals surface area contributed by atoms with Crippen molar-refractivity contribution in [1.82, 2.24) is 0 Å². The Kier molecular flexibility index (Phi) is 4.57. The summed E-state index contributed by atoms with van der Waals surface area (Å²) in [5.41, 5.74) is 2.47. The molecule has 0 aliphatic carbocycles. The lowest BCUT2D eigenvalue weighted by Crippen LogP contribution is -2.24. The highest BCUT2D eigenvalue weighted by atomic mass is 16.6. The van der Waals surface area contributed by atoms with Crippen molar-refractivity contribution in [2.24, 2.45) is 0 Å². The lowest BCUT2D eigenvalue weighted by atomic mass is 10.1. The normalized spacial score (nSPS) is 15.5. The zero-order chi connectivity index (χ0) is 18.0. The molecule has 0 spiro atoms. The number of carbonyl (C=O) groups is 2. The van der Waals surface area contributed by atoms with Crippen molar-refractivity contribution in [3.8, 4) is 11.5 Å². The first-order valence-electron chi connectivity index (χ1n) is 7.87. The van der Waals surface area contributed by atoms with Gasteiger partial charge in [0.25, 0.3) is 0 Å². The lowest BCUT2D eigenvalue weighted by Gasteiger charge is -2.12. The minimum Gasteiger partial charge on any atom is -0.479 e. The van der Waals surface area contributed by atoms with Gasteiger partial charge in [-0.25, -0.2) is 4.79 Å². The van der Waals surface area contributed by atoms with Gasteiger partial charge in [-0.3, -0.25) is 4.79 Å². The number of hydrogen-bond acceptors (Lipinski definition) is 5. The van der Waals surface area contributed by atoms with Crippen LogP contribution in [0, 0.1) is 6.92 Å². The minimum absolute atomic E-state index is 0.177. The summed E-state index contributed by atoms with van der Waals surface area (Å²) in [4.78, 5) is 23.9. The number of ether oxygens (including phenoxy) is 3. The Morgan fingerprint density at radius 1 is 1.20 bits per heavy atom. The molecule has 0 aromatic heterocycles. The second-order valence-corrected chi connectivity index (χ2v) is 5.80. The van der Waals surface area contributed by atoms with Gasteiger partial charge in [-0.15, -0.1) is 0 Å². The van der Waals surface area contributed by atoms with Crippen molar-refractivity contribution in [3.63, 3.8) is 0 Å². The van der Waals surface area contributed by atoms with Crippen molar-refractivity contribution in [3.05, 3.63) is 64.9 Å². The minimum atomic E-state index is -0.748. The second kappa shape index (κ2) is 6.81. The SMILES string of the molecule is COC(=O)[C@H](C)Oc1ccc2c(c1)OC(=Cc1cccc(C)c1)C2=O. The quantitative estimate of drug-likeness (QED) is 0.630. The summed E-state index contributed by atoms with van der Waals surface area (Å²) in [5, 5.41) is 0. The van der Waals surface area contributed by atoms with Gasteiger partial charge in [0.05, 0.1) is 12.7 Å². The van der Waals surface area contributed by atoms with E-state index in [4.69, 9.17) is 9.47 Å². The summed E-state index contributed by atoms with van der Waals surface area (Å²) in [6, 6.07) is 12.7. The van der Waals surface area contributed by atoms with E-state index in [0.717, 1.165) is 11.1 Å². The number of allylic oxidation sites excluding steroid dienone is 1. The Bertz CT molecular complexity index is 866. The molecule has 0 saturated heterocycles. The number of fused-ring (bicyclic) bond motifs is 1. The zero-order valence-corrected chi connectivity index (χ0v) is 14.2. The molecule has 1 aliphatic rings. The molecule has 2 aromatic carbocycles. The fourth-order valence-corrected chi connectivity index (χ4v) is 2.57. The molecular weight excluding hydrogens is 320 g/mol. The van der Waals surface area contributed by atoms with Crippen LogP contribution in [0.15, 0.2) is 48.2 Å². The summed E-state index contributed by atoms with van der Waals surface area (Å²) >= 11 is 0. The summed E-state index contributed by atoms with van der Waals surface area (Å²) in [5.74, 6) is 0.458. The molecule has 0 N–H and O–H groups in total. The summed E-state index contributed by atoms with van der Waals surface area (Å²) in [7, 11) is 1.30. The van der Waals surface area contributed by atoms with Crippen molar-refractivity contribution >= 4 is 17.8 Å². The van der Waals surface area contributed by atoms with Gasteiger partial charge in [-0.2, -0.15) is 0 Å². The fraction of sp³-hybridized carbons (Fsp3) is 0.200. The Morgan fingerprint density at radius 3 is 2.72 bits per heavy atom. The van der Waals surface area contributed by atoms with E-state index in [2.05, 4.69) is 4.74 Å². The standard InChI is InChI=1S/C20H18O5/c1-12-5-4-6-14(9-12)10-18-19(21)16-8-7-15(11-17(16)25-18)24-13(2)20(22)23-3/h4-11,13H,1-3H3/t13-/m0/s1. The van der Waals surface area contributed by atoms with E-state index in [0.29, 0.717) is 17.1 Å². The predicted molar refractivity (Wildman–Crippen MR) is 92.7 cm³/mol. The second-order valence-electron chi connectivity index (χ2n) is 5.80. The monoisotopic (exact) mass is 338 g/mol. The molecule has 5 nitrogen and oxygen atoms in total. The van der Waals surface area contributed by atoms with E-state index in [1.807, 2.05) is 31.2 Å². The van der Waals surface area contributed by atoms with Crippen molar-refractivity contribution in [1.29, 1.82) is 0 Å². The van der Waals surface area contributed by atoms with Crippen LogP contribution in [-0.2, 0) is 9.53 Å². The van der Waals surface area contributed by atoms with E-state index in [-0.39, 0.29) is 11.5 Å². The molecule has 1 atom stereocenters. The number of esters is 1. The molecule has 1 aliphatic heterocycles. The van der Waals surface area contributed by atoms with E-state index in [9.17, 15) is 9.59 Å². The highest BCUT2D eigenvalue weighted by Gasteiger charge is 2.28. The van der Waals surface area contributed by atoms with Gasteiger partial charge >= 0.3 is 5.97 Å². The first kappa shape index (κ1) is 16.8. The summed E-state index contributed by atoms with van der Waals surface area (Å²) in [6.07, 6.45) is 0.967. The lowest BCUT2D eigenvalue weighted by molar-refractivity contribution is -0.147. The molecule has 0 saturated carbocycles. The third kappa shape index (κ3) is 3.55. The number of aryl methyl sites for hydroxylation is 1. The van der Waals surface area contributed by atoms with Crippen LogP contribution in [-0.4, -0.2) is 25.0 Å². The molecular formula is C20H18O5. The molecule has 0 bridgehead atoms. The fourth-order valence-electron chi connectivity index (χ4n) is 2.57. The van der Waals surface area contributed by atoms with Crippen LogP contribution in [0.2, 0.25) is 0 Å². The predicted octanol–water partition coefficient (Wildman–Crippen LogP) is 3.55. The third-order valence-corrected chi connectivity index (χ3v) is 3.83. The number of hydrogen-bond donors (Lipinski definition) is 0. The topological polar surface area (TPSA) is 61.8 Å². The van der Waals surface area contributed by atoms with Gasteiger partial charge in [-0.05, 0) is 37.6 Å². The molecule has 0 radical (unpaired) electrons. The number of Topliss-reactive ketones (excluding diaryl/α,β-unsaturated/α-hetero) is 1. The van der Waals surface area contributed by atoms with Gasteiger partial charge in [0.2, 0.25) is 5.78 Å². The van der Waals surface area contributed by atoms with Gasteiger partial charge in [0.1, 0.15) is 11.5 Å². The maximum absolute atomic E-state index is 12.5. The highest BCUT2D eigenvalue weighted by molar-refractivity contribution is 6.14. The number of benzene rings is 2. The first-order valence-corrected chi connectivity index (χ1v) is 7.87. The van der Waals surface area contributed by atoms with Crippen LogP contribution >= 0.6 is 0 Å². The maximum Gasteiger partial charge on any atom is 0.346 e. The molecule has 0 amide bonds. The third-order valence-electron chi connectivity index (χ3n) is 3.83. The average Bonchev–Trinajstić information content (AvgIpc) is 2.89. The van der Waals surface area contributed by atoms with E-state index in [1.165, 1.54) is 7.11 Å². The van der Waals surface area contributed by atoms with Gasteiger partial charge in [-0.1, -0.05) is 29.8 Å². The maximum atomic E-state index is 12.5. The van der Waals surface area contributed by atoms with Gasteiger partial charge < -0.3 is 14.2 Å². The van der Waals surface area contributed by atoms with Crippen LogP contribution < -0.4 is 9.47 Å². The number of rotatable bonds is 4. The highest BCUT2D eigenvalue weighted by Crippen LogP contribution is 2.35. The van der Waals surface area contributed by atoms with Crippen molar-refractivity contribution in [2.75, 3.05) is 7.11 Å². The molecule has 5 heteroatoms. The van der Waals surface area contributed by atoms with Gasteiger partial charge in [0, 0.05) is 6.07 Å². The van der Waals surface area contributed by atoms with E-state index in [1.54, 1.807) is 31.2 Å². The van der Waals surface area contributed by atoms with E-state index >= 15 is 0 Å². The van der Waals surface area contributed by atoms with E-state index < -0.39 is 12.1 Å². The largest absolute Gasteiger partial charge is 0.479 e. The number of methoxy groups -OCH3 is 1. The van der Waals surface area contributed by atoms with Crippen molar-refractivity contribution < 1.29 is 23.8 Å². The van der Waals surface area contributed by atoms with Crippen molar-refractivity contribution in [2.45, 2.75) is 20.0 Å². The molecule has 128 valence electrons.